The summed E-state index contributed by atoms with van der Waals surface area (Å²) in [6.45, 7) is 6.09. The normalized spacial score (nSPS) is 13.9. The number of nitrogens with zero attached hydrogens (tertiary/aromatic N) is 1. The minimum atomic E-state index is -0.136. The molecule has 7 nitrogen and oxygen atoms in total. The molecular formula is C26H29N3O4. The average molecular weight is 448 g/mol. The Bertz CT molecular complexity index is 1100. The molecule has 33 heavy (non-hydrogen) atoms. The van der Waals surface area contributed by atoms with Crippen LogP contribution in [0.3, 0.4) is 0 Å². The van der Waals surface area contributed by atoms with Crippen LogP contribution in [-0.2, 0) is 22.6 Å². The number of benzene rings is 2. The van der Waals surface area contributed by atoms with E-state index in [4.69, 9.17) is 9.26 Å². The molecule has 4 rings (SSSR count). The third-order valence-electron chi connectivity index (χ3n) is 5.86. The highest BCUT2D eigenvalue weighted by Crippen LogP contribution is 2.30. The molecule has 2 amide bonds. The second kappa shape index (κ2) is 9.90. The van der Waals surface area contributed by atoms with E-state index in [2.05, 4.69) is 15.8 Å². The number of ether oxygens (including phenoxy) is 1. The standard InChI is InChI=1S/C26H29N3O4/c1-16(20-8-10-22(11-9-20)28-26(31)21-6-7-21)27-25(30)14-19-4-12-23(13-5-19)32-15-24-17(2)29-33-18(24)3/h4-5,8-13,16,21H,6-7,14-15H2,1-3H3,(H,27,30)(H,28,31). The number of hydrogen-bond donors (Lipinski definition) is 2. The van der Waals surface area contributed by atoms with Crippen molar-refractivity contribution in [3.63, 3.8) is 0 Å². The van der Waals surface area contributed by atoms with Gasteiger partial charge in [-0.05, 0) is 69.0 Å². The second-order valence-corrected chi connectivity index (χ2v) is 8.59. The van der Waals surface area contributed by atoms with Gasteiger partial charge in [0.2, 0.25) is 11.8 Å². The summed E-state index contributed by atoms with van der Waals surface area (Å²) in [5.74, 6) is 1.68. The Kier molecular flexibility index (Phi) is 6.77. The fraction of sp³-hybridized carbons (Fsp3) is 0.346. The van der Waals surface area contributed by atoms with Crippen LogP contribution in [0.1, 0.15) is 54.0 Å². The van der Waals surface area contributed by atoms with Crippen LogP contribution in [0.4, 0.5) is 5.69 Å². The van der Waals surface area contributed by atoms with Crippen LogP contribution in [0, 0.1) is 19.8 Å². The lowest BCUT2D eigenvalue weighted by Gasteiger charge is -2.15. The summed E-state index contributed by atoms with van der Waals surface area (Å²) in [7, 11) is 0. The smallest absolute Gasteiger partial charge is 0.227 e. The number of anilines is 1. The maximum Gasteiger partial charge on any atom is 0.227 e. The summed E-state index contributed by atoms with van der Waals surface area (Å²) in [4.78, 5) is 24.4. The van der Waals surface area contributed by atoms with Crippen molar-refractivity contribution < 1.29 is 18.8 Å². The van der Waals surface area contributed by atoms with Gasteiger partial charge in [0, 0.05) is 11.6 Å². The number of carbonyl (C=O) groups is 2. The van der Waals surface area contributed by atoms with Gasteiger partial charge in [0.15, 0.2) is 0 Å². The molecule has 7 heteroatoms. The zero-order valence-electron chi connectivity index (χ0n) is 19.2. The van der Waals surface area contributed by atoms with Crippen LogP contribution in [0.5, 0.6) is 5.75 Å². The van der Waals surface area contributed by atoms with Gasteiger partial charge in [-0.1, -0.05) is 29.4 Å². The van der Waals surface area contributed by atoms with Gasteiger partial charge in [-0.15, -0.1) is 0 Å². The van der Waals surface area contributed by atoms with E-state index in [1.165, 1.54) is 0 Å². The maximum atomic E-state index is 12.5. The van der Waals surface area contributed by atoms with E-state index >= 15 is 0 Å². The first-order chi connectivity index (χ1) is 15.9. The predicted octanol–water partition coefficient (Wildman–Crippen LogP) is 4.64. The highest BCUT2D eigenvalue weighted by Gasteiger charge is 2.29. The van der Waals surface area contributed by atoms with E-state index in [0.29, 0.717) is 6.61 Å². The number of amides is 2. The zero-order chi connectivity index (χ0) is 23.4. The first kappa shape index (κ1) is 22.6. The number of rotatable bonds is 9. The molecule has 1 saturated carbocycles. The summed E-state index contributed by atoms with van der Waals surface area (Å²) < 4.78 is 11.0. The third kappa shape index (κ3) is 6.00. The molecule has 1 aliphatic rings. The van der Waals surface area contributed by atoms with Gasteiger partial charge in [0.05, 0.1) is 23.7 Å². The van der Waals surface area contributed by atoms with Crippen molar-refractivity contribution in [3.05, 3.63) is 76.7 Å². The molecule has 1 atom stereocenters. The Morgan fingerprint density at radius 1 is 1.09 bits per heavy atom. The van der Waals surface area contributed by atoms with Crippen LogP contribution in [0.15, 0.2) is 53.1 Å². The fourth-order valence-electron chi connectivity index (χ4n) is 3.57. The number of aromatic nitrogens is 1. The van der Waals surface area contributed by atoms with Crippen LogP contribution in [0.25, 0.3) is 0 Å². The van der Waals surface area contributed by atoms with Crippen molar-refractivity contribution in [2.24, 2.45) is 5.92 Å². The molecular weight excluding hydrogens is 418 g/mol. The van der Waals surface area contributed by atoms with Gasteiger partial charge in [0.25, 0.3) is 0 Å². The SMILES string of the molecule is Cc1noc(C)c1COc1ccc(CC(=O)NC(C)c2ccc(NC(=O)C3CC3)cc2)cc1. The van der Waals surface area contributed by atoms with E-state index in [1.807, 2.05) is 69.3 Å². The molecule has 1 heterocycles. The van der Waals surface area contributed by atoms with Gasteiger partial charge < -0.3 is 19.9 Å². The van der Waals surface area contributed by atoms with Gasteiger partial charge in [0.1, 0.15) is 18.1 Å². The molecule has 0 saturated heterocycles. The van der Waals surface area contributed by atoms with E-state index in [1.54, 1.807) is 0 Å². The van der Waals surface area contributed by atoms with E-state index in [-0.39, 0.29) is 30.2 Å². The number of nitrogens with one attached hydrogen (secondary N) is 2. The van der Waals surface area contributed by atoms with Crippen molar-refractivity contribution in [2.75, 3.05) is 5.32 Å². The van der Waals surface area contributed by atoms with Crippen molar-refractivity contribution in [2.45, 2.75) is 52.7 Å². The van der Waals surface area contributed by atoms with Gasteiger partial charge in [-0.25, -0.2) is 0 Å². The Balaban J connectivity index is 1.25. The maximum absolute atomic E-state index is 12.5. The number of carbonyl (C=O) groups excluding carboxylic acids is 2. The molecule has 0 aliphatic heterocycles. The monoisotopic (exact) mass is 447 g/mol. The minimum Gasteiger partial charge on any atom is -0.489 e. The van der Waals surface area contributed by atoms with E-state index in [0.717, 1.165) is 52.4 Å². The lowest BCUT2D eigenvalue weighted by Crippen LogP contribution is -2.28. The summed E-state index contributed by atoms with van der Waals surface area (Å²) in [5.41, 5.74) is 4.45. The van der Waals surface area contributed by atoms with Gasteiger partial charge in [-0.2, -0.15) is 0 Å². The van der Waals surface area contributed by atoms with Gasteiger partial charge >= 0.3 is 0 Å². The summed E-state index contributed by atoms with van der Waals surface area (Å²) in [6.07, 6.45) is 2.24. The average Bonchev–Trinajstić information content (AvgIpc) is 3.60. The molecule has 1 aromatic heterocycles. The molecule has 0 spiro atoms. The first-order valence-corrected chi connectivity index (χ1v) is 11.2. The third-order valence-corrected chi connectivity index (χ3v) is 5.86. The van der Waals surface area contributed by atoms with Crippen molar-refractivity contribution in [1.82, 2.24) is 10.5 Å². The number of aryl methyl sites for hydroxylation is 2. The molecule has 3 aromatic rings. The molecule has 2 N–H and O–H groups in total. The van der Waals surface area contributed by atoms with Crippen molar-refractivity contribution in [3.8, 4) is 5.75 Å². The molecule has 0 bridgehead atoms. The van der Waals surface area contributed by atoms with Crippen LogP contribution in [-0.4, -0.2) is 17.0 Å². The zero-order valence-corrected chi connectivity index (χ0v) is 19.2. The Morgan fingerprint density at radius 2 is 1.79 bits per heavy atom. The van der Waals surface area contributed by atoms with E-state index in [9.17, 15) is 9.59 Å². The minimum absolute atomic E-state index is 0.0574. The second-order valence-electron chi connectivity index (χ2n) is 8.59. The lowest BCUT2D eigenvalue weighted by molar-refractivity contribution is -0.121. The highest BCUT2D eigenvalue weighted by molar-refractivity contribution is 5.94. The van der Waals surface area contributed by atoms with Crippen molar-refractivity contribution in [1.29, 1.82) is 0 Å². The van der Waals surface area contributed by atoms with Crippen LogP contribution >= 0.6 is 0 Å². The quantitative estimate of drug-likeness (QED) is 0.498. The number of hydrogen-bond acceptors (Lipinski definition) is 5. The fourth-order valence-corrected chi connectivity index (χ4v) is 3.57. The van der Waals surface area contributed by atoms with Crippen LogP contribution in [0.2, 0.25) is 0 Å². The van der Waals surface area contributed by atoms with E-state index < -0.39 is 0 Å². The Hall–Kier alpha value is -3.61. The van der Waals surface area contributed by atoms with Crippen molar-refractivity contribution >= 4 is 17.5 Å². The molecule has 1 unspecified atom stereocenters. The summed E-state index contributed by atoms with van der Waals surface area (Å²) in [5, 5.41) is 9.88. The molecule has 2 aromatic carbocycles. The molecule has 1 aliphatic carbocycles. The van der Waals surface area contributed by atoms with Crippen LogP contribution < -0.4 is 15.4 Å². The topological polar surface area (TPSA) is 93.5 Å². The first-order valence-electron chi connectivity index (χ1n) is 11.2. The largest absolute Gasteiger partial charge is 0.489 e. The Morgan fingerprint density at radius 3 is 2.39 bits per heavy atom. The Labute approximate surface area is 193 Å². The molecule has 172 valence electrons. The highest BCUT2D eigenvalue weighted by atomic mass is 16.5. The summed E-state index contributed by atoms with van der Waals surface area (Å²) >= 11 is 0. The summed E-state index contributed by atoms with van der Waals surface area (Å²) in [6, 6.07) is 15.0. The van der Waals surface area contributed by atoms with Gasteiger partial charge in [-0.3, -0.25) is 9.59 Å². The predicted molar refractivity (Wildman–Crippen MR) is 125 cm³/mol. The lowest BCUT2D eigenvalue weighted by atomic mass is 10.1. The molecule has 0 radical (unpaired) electrons. The molecule has 1 fully saturated rings.